The van der Waals surface area contributed by atoms with Crippen LogP contribution in [-0.2, 0) is 0 Å². The summed E-state index contributed by atoms with van der Waals surface area (Å²) in [6.07, 6.45) is 0.848. The molecule has 4 aromatic rings. The number of aromatic nitrogens is 3. The van der Waals surface area contributed by atoms with Gasteiger partial charge in [-0.2, -0.15) is 5.10 Å². The van der Waals surface area contributed by atoms with Gasteiger partial charge in [0.1, 0.15) is 0 Å². The second-order valence-corrected chi connectivity index (χ2v) is 9.33. The second kappa shape index (κ2) is 10.5. The summed E-state index contributed by atoms with van der Waals surface area (Å²) in [6.45, 7) is 12.4. The van der Waals surface area contributed by atoms with Crippen molar-refractivity contribution >= 4 is 34.2 Å². The van der Waals surface area contributed by atoms with Gasteiger partial charge in [0.25, 0.3) is 5.91 Å². The van der Waals surface area contributed by atoms with E-state index >= 15 is 0 Å². The molecule has 1 amide bonds. The molecule has 0 spiro atoms. The quantitative estimate of drug-likeness (QED) is 0.310. The summed E-state index contributed by atoms with van der Waals surface area (Å²) < 4.78 is 1.79. The Morgan fingerprint density at radius 2 is 1.86 bits per heavy atom. The highest BCUT2D eigenvalue weighted by Gasteiger charge is 2.20. The summed E-state index contributed by atoms with van der Waals surface area (Å²) in [5, 5.41) is 9.27. The maximum absolute atomic E-state index is 13.2. The fourth-order valence-corrected chi connectivity index (χ4v) is 4.62. The van der Waals surface area contributed by atoms with Crippen LogP contribution in [0.3, 0.4) is 0 Å². The van der Waals surface area contributed by atoms with E-state index in [1.807, 2.05) is 45.0 Å². The molecule has 0 unspecified atom stereocenters. The predicted octanol–water partition coefficient (Wildman–Crippen LogP) is 5.95. The third-order valence-corrected chi connectivity index (χ3v) is 6.70. The first-order valence-corrected chi connectivity index (χ1v) is 12.4. The molecular weight excluding hydrogens is 458 g/mol. The number of halogens is 1. The van der Waals surface area contributed by atoms with Crippen molar-refractivity contribution in [3.63, 3.8) is 0 Å². The average molecular weight is 490 g/mol. The van der Waals surface area contributed by atoms with Crippen LogP contribution >= 0.6 is 11.6 Å². The van der Waals surface area contributed by atoms with Crippen molar-refractivity contribution in [1.82, 2.24) is 20.1 Å². The highest BCUT2D eigenvalue weighted by Crippen LogP contribution is 2.28. The van der Waals surface area contributed by atoms with Gasteiger partial charge in [-0.3, -0.25) is 4.79 Å². The molecule has 4 rings (SSSR count). The maximum atomic E-state index is 13.2. The van der Waals surface area contributed by atoms with E-state index in [0.29, 0.717) is 22.8 Å². The van der Waals surface area contributed by atoms with Gasteiger partial charge >= 0.3 is 0 Å². The van der Waals surface area contributed by atoms with Gasteiger partial charge in [0.05, 0.1) is 22.3 Å². The predicted molar refractivity (Wildman–Crippen MR) is 144 cm³/mol. The lowest BCUT2D eigenvalue weighted by atomic mass is 10.1. The SMILES string of the molecule is CCN(CCCNC(=O)c1cc(C)nc2c1c(C)nn2-c1cccc(Cl)c1C)c1cccc(C)c1. The van der Waals surface area contributed by atoms with Gasteiger partial charge in [0, 0.05) is 36.0 Å². The first kappa shape index (κ1) is 24.7. The van der Waals surface area contributed by atoms with E-state index in [0.717, 1.165) is 47.5 Å². The number of nitrogens with one attached hydrogen (secondary N) is 1. The van der Waals surface area contributed by atoms with Crippen molar-refractivity contribution in [2.45, 2.75) is 41.0 Å². The van der Waals surface area contributed by atoms with E-state index in [4.69, 9.17) is 21.7 Å². The number of benzene rings is 2. The smallest absolute Gasteiger partial charge is 0.252 e. The highest BCUT2D eigenvalue weighted by atomic mass is 35.5. The summed E-state index contributed by atoms with van der Waals surface area (Å²) in [7, 11) is 0. The third kappa shape index (κ3) is 5.17. The molecule has 35 heavy (non-hydrogen) atoms. The number of hydrogen-bond donors (Lipinski definition) is 1. The second-order valence-electron chi connectivity index (χ2n) is 8.92. The third-order valence-electron chi connectivity index (χ3n) is 6.29. The Kier molecular flexibility index (Phi) is 7.41. The van der Waals surface area contributed by atoms with Crippen LogP contribution < -0.4 is 10.2 Å². The number of carbonyl (C=O) groups excluding carboxylic acids is 1. The Labute approximate surface area is 211 Å². The number of fused-ring (bicyclic) bond motifs is 1. The van der Waals surface area contributed by atoms with Gasteiger partial charge < -0.3 is 10.2 Å². The number of pyridine rings is 1. The van der Waals surface area contributed by atoms with Crippen LogP contribution in [0.1, 0.15) is 46.2 Å². The monoisotopic (exact) mass is 489 g/mol. The molecule has 0 atom stereocenters. The summed E-state index contributed by atoms with van der Waals surface area (Å²) in [5.41, 5.74) is 7.02. The Balaban J connectivity index is 1.53. The first-order chi connectivity index (χ1) is 16.8. The number of nitrogens with zero attached hydrogens (tertiary/aromatic N) is 4. The molecule has 2 aromatic heterocycles. The Hall–Kier alpha value is -3.38. The topological polar surface area (TPSA) is 63.1 Å². The number of aryl methyl sites for hydroxylation is 3. The van der Waals surface area contributed by atoms with Gasteiger partial charge in [0.2, 0.25) is 0 Å². The lowest BCUT2D eigenvalue weighted by molar-refractivity contribution is 0.0955. The minimum absolute atomic E-state index is 0.107. The number of rotatable bonds is 8. The molecule has 0 fully saturated rings. The number of carbonyl (C=O) groups is 1. The fraction of sp³-hybridized carbons (Fsp3) is 0.321. The van der Waals surface area contributed by atoms with Crippen LogP contribution in [0.4, 0.5) is 5.69 Å². The number of amides is 1. The first-order valence-electron chi connectivity index (χ1n) is 12.0. The van der Waals surface area contributed by atoms with Crippen molar-refractivity contribution in [2.24, 2.45) is 0 Å². The molecule has 2 aromatic carbocycles. The fourth-order valence-electron chi connectivity index (χ4n) is 4.45. The zero-order valence-corrected chi connectivity index (χ0v) is 21.8. The molecule has 0 aliphatic rings. The Morgan fingerprint density at radius 1 is 1.09 bits per heavy atom. The molecule has 1 N–H and O–H groups in total. The molecule has 0 aliphatic carbocycles. The molecule has 6 nitrogen and oxygen atoms in total. The lowest BCUT2D eigenvalue weighted by Crippen LogP contribution is -2.30. The lowest BCUT2D eigenvalue weighted by Gasteiger charge is -2.23. The van der Waals surface area contributed by atoms with Crippen molar-refractivity contribution in [3.05, 3.63) is 81.6 Å². The molecule has 0 saturated heterocycles. The van der Waals surface area contributed by atoms with E-state index in [-0.39, 0.29) is 5.91 Å². The maximum Gasteiger partial charge on any atom is 0.252 e. The molecule has 0 bridgehead atoms. The van der Waals surface area contributed by atoms with E-state index in [9.17, 15) is 4.79 Å². The van der Waals surface area contributed by atoms with E-state index in [1.165, 1.54) is 11.3 Å². The van der Waals surface area contributed by atoms with Gasteiger partial charge in [-0.25, -0.2) is 9.67 Å². The summed E-state index contributed by atoms with van der Waals surface area (Å²) >= 11 is 6.36. The molecule has 0 radical (unpaired) electrons. The largest absolute Gasteiger partial charge is 0.372 e. The Bertz CT molecular complexity index is 1380. The number of anilines is 1. The van der Waals surface area contributed by atoms with E-state index in [1.54, 1.807) is 4.68 Å². The average Bonchev–Trinajstić information content (AvgIpc) is 3.16. The summed E-state index contributed by atoms with van der Waals surface area (Å²) in [4.78, 5) is 20.3. The van der Waals surface area contributed by atoms with Gasteiger partial charge in [0.15, 0.2) is 5.65 Å². The van der Waals surface area contributed by atoms with Gasteiger partial charge in [-0.15, -0.1) is 0 Å². The zero-order chi connectivity index (χ0) is 25.1. The Morgan fingerprint density at radius 3 is 2.60 bits per heavy atom. The van der Waals surface area contributed by atoms with Crippen molar-refractivity contribution in [2.75, 3.05) is 24.5 Å². The van der Waals surface area contributed by atoms with E-state index < -0.39 is 0 Å². The number of hydrogen-bond acceptors (Lipinski definition) is 4. The standard InChI is InChI=1S/C28H32ClN5O/c1-6-33(22-11-7-10-18(2)16-22)15-9-14-30-28(35)23-17-19(3)31-27-26(23)21(5)32-34(27)25-13-8-12-24(29)20(25)4/h7-8,10-13,16-17H,6,9,14-15H2,1-5H3,(H,30,35). The van der Waals surface area contributed by atoms with E-state index in [2.05, 4.69) is 48.3 Å². The molecular formula is C28H32ClN5O. The minimum Gasteiger partial charge on any atom is -0.372 e. The summed E-state index contributed by atoms with van der Waals surface area (Å²) in [5.74, 6) is -0.107. The minimum atomic E-state index is -0.107. The van der Waals surface area contributed by atoms with Crippen LogP contribution in [0, 0.1) is 27.7 Å². The van der Waals surface area contributed by atoms with Crippen LogP contribution in [0.2, 0.25) is 5.02 Å². The van der Waals surface area contributed by atoms with Crippen LogP contribution in [0.5, 0.6) is 0 Å². The van der Waals surface area contributed by atoms with Crippen molar-refractivity contribution < 1.29 is 4.79 Å². The van der Waals surface area contributed by atoms with Gasteiger partial charge in [-0.1, -0.05) is 29.8 Å². The van der Waals surface area contributed by atoms with Crippen LogP contribution in [-0.4, -0.2) is 40.3 Å². The molecule has 7 heteroatoms. The van der Waals surface area contributed by atoms with Crippen molar-refractivity contribution in [1.29, 1.82) is 0 Å². The van der Waals surface area contributed by atoms with Crippen molar-refractivity contribution in [3.8, 4) is 5.69 Å². The molecule has 2 heterocycles. The van der Waals surface area contributed by atoms with Gasteiger partial charge in [-0.05, 0) is 82.5 Å². The summed E-state index contributed by atoms with van der Waals surface area (Å²) in [6, 6.07) is 16.1. The highest BCUT2D eigenvalue weighted by molar-refractivity contribution is 6.31. The molecule has 0 saturated carbocycles. The molecule has 182 valence electrons. The molecule has 0 aliphatic heterocycles. The van der Waals surface area contributed by atoms with Crippen LogP contribution in [0.25, 0.3) is 16.7 Å². The zero-order valence-electron chi connectivity index (χ0n) is 21.0. The van der Waals surface area contributed by atoms with Crippen LogP contribution in [0.15, 0.2) is 48.5 Å². The normalized spacial score (nSPS) is 11.1.